The molecular weight excluding hydrogens is 258 g/mol. The van der Waals surface area contributed by atoms with Crippen LogP contribution in [0.3, 0.4) is 0 Å². The number of methoxy groups -OCH3 is 1. The normalized spacial score (nSPS) is 16.7. The summed E-state index contributed by atoms with van der Waals surface area (Å²) in [5, 5.41) is 0. The van der Waals surface area contributed by atoms with E-state index in [1.54, 1.807) is 7.11 Å². The summed E-state index contributed by atoms with van der Waals surface area (Å²) in [6, 6.07) is 5.63. The minimum absolute atomic E-state index is 0.298. The van der Waals surface area contributed by atoms with E-state index in [9.17, 15) is 0 Å². The Kier molecular flexibility index (Phi) is 5.02. The van der Waals surface area contributed by atoms with Crippen LogP contribution in [0.2, 0.25) is 0 Å². The van der Waals surface area contributed by atoms with E-state index in [0.717, 1.165) is 24.2 Å². The summed E-state index contributed by atoms with van der Waals surface area (Å²) in [5.74, 6) is 1.49. The van der Waals surface area contributed by atoms with Gasteiger partial charge in [0, 0.05) is 5.56 Å². The average Bonchev–Trinajstić information content (AvgIpc) is 2.67. The summed E-state index contributed by atoms with van der Waals surface area (Å²) in [6.45, 7) is 0. The largest absolute Gasteiger partial charge is 0.493 e. The van der Waals surface area contributed by atoms with Gasteiger partial charge in [0.25, 0.3) is 0 Å². The van der Waals surface area contributed by atoms with Gasteiger partial charge in [0.05, 0.1) is 13.2 Å². The second-order valence-electron chi connectivity index (χ2n) is 4.96. The number of hydrogen-bond donors (Lipinski definition) is 1. The first-order valence-corrected chi connectivity index (χ1v) is 7.26. The number of thiocarbonyl (C=S) groups is 1. The van der Waals surface area contributed by atoms with E-state index >= 15 is 0 Å². The summed E-state index contributed by atoms with van der Waals surface area (Å²) >= 11 is 4.97. The molecule has 19 heavy (non-hydrogen) atoms. The van der Waals surface area contributed by atoms with Crippen molar-refractivity contribution in [1.29, 1.82) is 0 Å². The fourth-order valence-electron chi connectivity index (χ4n) is 2.46. The number of benzene rings is 1. The van der Waals surface area contributed by atoms with Gasteiger partial charge in [-0.25, -0.2) is 0 Å². The summed E-state index contributed by atoms with van der Waals surface area (Å²) in [5.41, 5.74) is 6.43. The van der Waals surface area contributed by atoms with Crippen LogP contribution in [0, 0.1) is 0 Å². The highest BCUT2D eigenvalue weighted by Gasteiger charge is 2.16. The summed E-state index contributed by atoms with van der Waals surface area (Å²) in [7, 11) is 1.64. The van der Waals surface area contributed by atoms with Gasteiger partial charge >= 0.3 is 0 Å². The zero-order valence-electron chi connectivity index (χ0n) is 11.4. The van der Waals surface area contributed by atoms with Crippen molar-refractivity contribution < 1.29 is 9.47 Å². The maximum atomic E-state index is 6.08. The smallest absolute Gasteiger partial charge is 0.161 e. The van der Waals surface area contributed by atoms with E-state index in [1.807, 2.05) is 18.2 Å². The summed E-state index contributed by atoms with van der Waals surface area (Å²) in [4.78, 5) is 0.374. The lowest BCUT2D eigenvalue weighted by molar-refractivity contribution is 0.176. The van der Waals surface area contributed by atoms with Crippen LogP contribution in [0.5, 0.6) is 11.5 Å². The van der Waals surface area contributed by atoms with Gasteiger partial charge in [0.2, 0.25) is 0 Å². The predicted octanol–water partition coefficient (Wildman–Crippen LogP) is 3.43. The fraction of sp³-hybridized carbons (Fsp3) is 0.533. The molecule has 2 rings (SSSR count). The molecule has 1 aromatic rings. The van der Waals surface area contributed by atoms with Gasteiger partial charge in [-0.2, -0.15) is 0 Å². The number of hydrogen-bond acceptors (Lipinski definition) is 3. The third-order valence-electron chi connectivity index (χ3n) is 3.54. The quantitative estimate of drug-likeness (QED) is 0.677. The van der Waals surface area contributed by atoms with Crippen LogP contribution < -0.4 is 15.2 Å². The Bertz CT molecular complexity index is 440. The molecule has 1 aliphatic carbocycles. The van der Waals surface area contributed by atoms with Crippen LogP contribution in [0.25, 0.3) is 0 Å². The Morgan fingerprint density at radius 3 is 2.42 bits per heavy atom. The average molecular weight is 279 g/mol. The molecule has 3 nitrogen and oxygen atoms in total. The van der Waals surface area contributed by atoms with Gasteiger partial charge < -0.3 is 15.2 Å². The SMILES string of the molecule is COc1cc(C(N)=S)ccc1OC1CCCCCC1. The molecule has 1 fully saturated rings. The molecule has 1 saturated carbocycles. The standard InChI is InChI=1S/C15H21NO2S/c1-17-14-10-11(15(16)19)8-9-13(14)18-12-6-4-2-3-5-7-12/h8-10,12H,2-7H2,1H3,(H2,16,19). The molecular formula is C15H21NO2S. The Morgan fingerprint density at radius 2 is 1.84 bits per heavy atom. The van der Waals surface area contributed by atoms with E-state index < -0.39 is 0 Å². The number of rotatable bonds is 4. The number of ether oxygens (including phenoxy) is 2. The van der Waals surface area contributed by atoms with Crippen molar-refractivity contribution in [3.05, 3.63) is 23.8 Å². The molecule has 0 radical (unpaired) electrons. The molecule has 0 amide bonds. The lowest BCUT2D eigenvalue weighted by Crippen LogP contribution is -2.16. The Labute approximate surface area is 120 Å². The molecule has 0 heterocycles. The second kappa shape index (κ2) is 6.75. The minimum Gasteiger partial charge on any atom is -0.493 e. The topological polar surface area (TPSA) is 44.5 Å². The lowest BCUT2D eigenvalue weighted by Gasteiger charge is -2.19. The van der Waals surface area contributed by atoms with Crippen LogP contribution in [0.15, 0.2) is 18.2 Å². The molecule has 0 atom stereocenters. The maximum absolute atomic E-state index is 6.08. The minimum atomic E-state index is 0.298. The lowest BCUT2D eigenvalue weighted by atomic mass is 10.1. The maximum Gasteiger partial charge on any atom is 0.161 e. The van der Waals surface area contributed by atoms with Gasteiger partial charge in [-0.15, -0.1) is 0 Å². The molecule has 1 aliphatic rings. The Balaban J connectivity index is 2.12. The highest BCUT2D eigenvalue weighted by Crippen LogP contribution is 2.31. The van der Waals surface area contributed by atoms with Crippen molar-refractivity contribution in [3.63, 3.8) is 0 Å². The molecule has 2 N–H and O–H groups in total. The highest BCUT2D eigenvalue weighted by atomic mass is 32.1. The third-order valence-corrected chi connectivity index (χ3v) is 3.78. The molecule has 0 aliphatic heterocycles. The zero-order chi connectivity index (χ0) is 13.7. The van der Waals surface area contributed by atoms with Crippen LogP contribution in [-0.4, -0.2) is 18.2 Å². The fourth-order valence-corrected chi connectivity index (χ4v) is 2.58. The van der Waals surface area contributed by atoms with Crippen LogP contribution >= 0.6 is 12.2 Å². The van der Waals surface area contributed by atoms with E-state index in [4.69, 9.17) is 27.4 Å². The van der Waals surface area contributed by atoms with E-state index in [0.29, 0.717) is 16.8 Å². The van der Waals surface area contributed by atoms with Crippen molar-refractivity contribution >= 4 is 17.2 Å². The van der Waals surface area contributed by atoms with Gasteiger partial charge in [-0.3, -0.25) is 0 Å². The molecule has 0 unspecified atom stereocenters. The predicted molar refractivity (Wildman–Crippen MR) is 81.0 cm³/mol. The Hall–Kier alpha value is -1.29. The van der Waals surface area contributed by atoms with E-state index in [-0.39, 0.29) is 0 Å². The van der Waals surface area contributed by atoms with Crippen molar-refractivity contribution in [2.45, 2.75) is 44.6 Å². The van der Waals surface area contributed by atoms with E-state index in [2.05, 4.69) is 0 Å². The summed E-state index contributed by atoms with van der Waals surface area (Å²) < 4.78 is 11.5. The van der Waals surface area contributed by atoms with Gasteiger partial charge in [-0.05, 0) is 43.9 Å². The summed E-state index contributed by atoms with van der Waals surface area (Å²) in [6.07, 6.45) is 7.68. The van der Waals surface area contributed by atoms with Crippen molar-refractivity contribution in [3.8, 4) is 11.5 Å². The molecule has 0 bridgehead atoms. The molecule has 0 spiro atoms. The van der Waals surface area contributed by atoms with Gasteiger partial charge in [0.1, 0.15) is 4.99 Å². The van der Waals surface area contributed by atoms with E-state index in [1.165, 1.54) is 25.7 Å². The first-order chi connectivity index (χ1) is 9.20. The van der Waals surface area contributed by atoms with Crippen LogP contribution in [0.1, 0.15) is 44.1 Å². The molecule has 0 aromatic heterocycles. The van der Waals surface area contributed by atoms with Gasteiger partial charge in [-0.1, -0.05) is 25.1 Å². The van der Waals surface area contributed by atoms with Crippen molar-refractivity contribution in [2.24, 2.45) is 5.73 Å². The first-order valence-electron chi connectivity index (χ1n) is 6.85. The van der Waals surface area contributed by atoms with Crippen molar-refractivity contribution in [2.75, 3.05) is 7.11 Å². The highest BCUT2D eigenvalue weighted by molar-refractivity contribution is 7.80. The van der Waals surface area contributed by atoms with Crippen LogP contribution in [0.4, 0.5) is 0 Å². The van der Waals surface area contributed by atoms with Gasteiger partial charge in [0.15, 0.2) is 11.5 Å². The molecule has 104 valence electrons. The van der Waals surface area contributed by atoms with Crippen molar-refractivity contribution in [1.82, 2.24) is 0 Å². The van der Waals surface area contributed by atoms with Crippen LogP contribution in [-0.2, 0) is 0 Å². The molecule has 4 heteroatoms. The Morgan fingerprint density at radius 1 is 1.16 bits per heavy atom. The third kappa shape index (κ3) is 3.83. The first kappa shape index (κ1) is 14.1. The monoisotopic (exact) mass is 279 g/mol. The number of nitrogens with two attached hydrogens (primary N) is 1. The molecule has 0 saturated heterocycles. The second-order valence-corrected chi connectivity index (χ2v) is 5.40. The molecule has 1 aromatic carbocycles. The zero-order valence-corrected chi connectivity index (χ0v) is 12.2.